The Morgan fingerprint density at radius 3 is 2.33 bits per heavy atom. The van der Waals surface area contributed by atoms with E-state index >= 15 is 4.79 Å². The van der Waals surface area contributed by atoms with E-state index in [9.17, 15) is 19.5 Å². The van der Waals surface area contributed by atoms with Crippen molar-refractivity contribution in [3.63, 3.8) is 0 Å². The summed E-state index contributed by atoms with van der Waals surface area (Å²) in [4.78, 5) is 60.1. The molecule has 3 fully saturated rings. The van der Waals surface area contributed by atoms with Crippen molar-refractivity contribution in [2.75, 3.05) is 17.4 Å². The predicted molar refractivity (Wildman–Crippen MR) is 205 cm³/mol. The van der Waals surface area contributed by atoms with E-state index in [0.29, 0.717) is 31.1 Å². The van der Waals surface area contributed by atoms with E-state index < -0.39 is 46.8 Å². The number of carbonyl (C=O) groups is 4. The smallest absolute Gasteiger partial charge is 0.260 e. The van der Waals surface area contributed by atoms with E-state index in [1.807, 2.05) is 103 Å². The molecule has 8 rings (SSSR count). The zero-order valence-electron chi connectivity index (χ0n) is 28.6. The van der Waals surface area contributed by atoms with Crippen LogP contribution in [0.3, 0.4) is 0 Å². The number of carbonyl (C=O) groups excluding carboxylic acids is 4. The van der Waals surface area contributed by atoms with Gasteiger partial charge in [-0.2, -0.15) is 5.01 Å². The maximum atomic E-state index is 15.3. The van der Waals surface area contributed by atoms with Gasteiger partial charge in [-0.3, -0.25) is 24.6 Å². The summed E-state index contributed by atoms with van der Waals surface area (Å²) in [6.07, 6.45) is 2.46. The first-order valence-corrected chi connectivity index (χ1v) is 18.6. The van der Waals surface area contributed by atoms with Crippen LogP contribution in [0.2, 0.25) is 5.02 Å². The molecule has 2 heterocycles. The molecule has 6 atom stereocenters. The third-order valence-corrected chi connectivity index (χ3v) is 12.6. The first-order valence-electron chi connectivity index (χ1n) is 17.1. The number of benzene rings is 4. The molecule has 0 radical (unpaired) electrons. The molecule has 0 spiro atoms. The van der Waals surface area contributed by atoms with Crippen LogP contribution >= 0.6 is 34.2 Å². The second kappa shape index (κ2) is 12.8. The second-order valence-corrected chi connectivity index (χ2v) is 15.7. The molecule has 2 aliphatic heterocycles. The van der Waals surface area contributed by atoms with Crippen molar-refractivity contribution >= 4 is 69.2 Å². The minimum atomic E-state index is -1.44. The molecular formula is C41H35ClIN3O6. The Morgan fingerprint density at radius 2 is 1.63 bits per heavy atom. The fourth-order valence-electron chi connectivity index (χ4n) is 9.01. The van der Waals surface area contributed by atoms with Crippen molar-refractivity contribution in [1.29, 1.82) is 0 Å². The van der Waals surface area contributed by atoms with Gasteiger partial charge in [-0.1, -0.05) is 77.3 Å². The van der Waals surface area contributed by atoms with Crippen molar-refractivity contribution in [2.24, 2.45) is 23.7 Å². The Bertz CT molecular complexity index is 2210. The number of hydrogen-bond donors (Lipinski definition) is 2. The lowest BCUT2D eigenvalue weighted by molar-refractivity contribution is -0.138. The van der Waals surface area contributed by atoms with Crippen LogP contribution in [-0.4, -0.2) is 40.9 Å². The largest absolute Gasteiger partial charge is 0.504 e. The Hall–Kier alpha value is -4.68. The highest BCUT2D eigenvalue weighted by Crippen LogP contribution is 2.64. The van der Waals surface area contributed by atoms with E-state index in [-0.39, 0.29) is 36.2 Å². The van der Waals surface area contributed by atoms with Gasteiger partial charge in [-0.05, 0) is 108 Å². The minimum absolute atomic E-state index is 0.0392. The van der Waals surface area contributed by atoms with Gasteiger partial charge in [0.15, 0.2) is 11.5 Å². The summed E-state index contributed by atoms with van der Waals surface area (Å²) in [5.74, 6) is -4.92. The molecule has 1 saturated carbocycles. The van der Waals surface area contributed by atoms with Crippen molar-refractivity contribution < 1.29 is 29.0 Å². The summed E-state index contributed by atoms with van der Waals surface area (Å²) in [6.45, 7) is 3.81. The third kappa shape index (κ3) is 5.01. The zero-order chi connectivity index (χ0) is 36.6. The average Bonchev–Trinajstić information content (AvgIpc) is 3.52. The van der Waals surface area contributed by atoms with Crippen LogP contribution in [0, 0.1) is 41.1 Å². The number of phenols is 1. The van der Waals surface area contributed by atoms with Gasteiger partial charge in [-0.25, -0.2) is 4.90 Å². The maximum absolute atomic E-state index is 15.3. The molecule has 2 N–H and O–H groups in total. The van der Waals surface area contributed by atoms with Crippen LogP contribution in [-0.2, 0) is 24.6 Å². The molecular weight excluding hydrogens is 793 g/mol. The summed E-state index contributed by atoms with van der Waals surface area (Å²) in [5.41, 5.74) is 6.64. The number of methoxy groups -OCH3 is 1. The number of ether oxygens (including phenoxy) is 1. The Labute approximate surface area is 319 Å². The summed E-state index contributed by atoms with van der Waals surface area (Å²) in [6, 6.07) is 25.5. The first kappa shape index (κ1) is 34.4. The predicted octanol–water partition coefficient (Wildman–Crippen LogP) is 7.47. The number of fused-ring (bicyclic) bond motifs is 4. The lowest BCUT2D eigenvalue weighted by atomic mass is 9.49. The number of nitrogens with zero attached hydrogens (tertiary/aromatic N) is 2. The van der Waals surface area contributed by atoms with E-state index in [2.05, 4.69) is 5.43 Å². The van der Waals surface area contributed by atoms with E-state index in [1.54, 1.807) is 24.3 Å². The second-order valence-electron chi connectivity index (χ2n) is 14.1. The van der Waals surface area contributed by atoms with Crippen molar-refractivity contribution in [2.45, 2.75) is 38.0 Å². The number of rotatable bonds is 6. The molecule has 0 aromatic heterocycles. The Balaban J connectivity index is 1.33. The fourth-order valence-corrected chi connectivity index (χ4v) is 9.81. The van der Waals surface area contributed by atoms with Crippen LogP contribution < -0.4 is 15.1 Å². The minimum Gasteiger partial charge on any atom is -0.504 e. The SMILES string of the molecule is COc1cc([C@H]2C3=CC[C@@H]4C(=O)N(c5ccc(C)c(Cl)c5)C(=O)[C@@H]4[C@@H]3C[C@H]3C(=O)N(Nc4ccc(C)cc4)C(=O)[C@@]23c2ccccc2)cc(I)c1O. The summed E-state index contributed by atoms with van der Waals surface area (Å²) < 4.78 is 6.12. The number of aryl methyl sites for hydroxylation is 2. The van der Waals surface area contributed by atoms with Gasteiger partial charge in [0.25, 0.3) is 11.8 Å². The fraction of sp³-hybridized carbons (Fsp3) is 0.268. The van der Waals surface area contributed by atoms with Gasteiger partial charge in [0.2, 0.25) is 11.8 Å². The lowest BCUT2D eigenvalue weighted by Crippen LogP contribution is -2.53. The maximum Gasteiger partial charge on any atom is 0.260 e. The quantitative estimate of drug-likeness (QED) is 0.118. The van der Waals surface area contributed by atoms with Crippen molar-refractivity contribution in [3.05, 3.63) is 127 Å². The number of halogens is 2. The van der Waals surface area contributed by atoms with Crippen LogP contribution in [0.25, 0.3) is 0 Å². The number of allylic oxidation sites excluding steroid dienone is 2. The molecule has 4 aromatic rings. The number of imide groups is 2. The summed E-state index contributed by atoms with van der Waals surface area (Å²) in [7, 11) is 1.46. The molecule has 4 amide bonds. The highest BCUT2D eigenvalue weighted by Gasteiger charge is 2.70. The molecule has 11 heteroatoms. The molecule has 0 unspecified atom stereocenters. The number of phenolic OH excluding ortho intramolecular Hbond substituents is 1. The number of hydrogen-bond acceptors (Lipinski definition) is 7. The van der Waals surface area contributed by atoms with Crippen LogP contribution in [0.15, 0.2) is 96.6 Å². The first-order chi connectivity index (χ1) is 25.0. The standard InChI is InChI=1S/C41H35ClIN3O6/c1-21-9-12-25(13-10-21)44-46-38(49)30-20-29-27(15-16-28-34(29)39(50)45(37(28)48)26-14-11-22(2)31(42)19-26)35(23-17-32(43)36(47)33(18-23)52-3)41(30,40(46)51)24-7-5-4-6-8-24/h4-15,17-19,28-30,34-35,44,47H,16,20H2,1-3H3/t28-,29+,30-,34-,35-,41+/m0/s1. The molecule has 4 aromatic carbocycles. The zero-order valence-corrected chi connectivity index (χ0v) is 31.5. The lowest BCUT2D eigenvalue weighted by Gasteiger charge is -2.50. The number of nitrogens with one attached hydrogen (secondary N) is 1. The molecule has 0 bridgehead atoms. The van der Waals surface area contributed by atoms with Gasteiger partial charge in [0, 0.05) is 10.9 Å². The number of amides is 4. The third-order valence-electron chi connectivity index (χ3n) is 11.4. The van der Waals surface area contributed by atoms with Crippen molar-refractivity contribution in [1.82, 2.24) is 5.01 Å². The topological polar surface area (TPSA) is 116 Å². The van der Waals surface area contributed by atoms with Gasteiger partial charge in [0.1, 0.15) is 0 Å². The number of hydrazine groups is 1. The van der Waals surface area contributed by atoms with Gasteiger partial charge in [-0.15, -0.1) is 0 Å². The number of anilines is 2. The van der Waals surface area contributed by atoms with Crippen LogP contribution in [0.1, 0.15) is 41.0 Å². The van der Waals surface area contributed by atoms with Gasteiger partial charge in [0.05, 0.1) is 45.2 Å². The van der Waals surface area contributed by atoms with E-state index in [1.165, 1.54) is 12.0 Å². The highest BCUT2D eigenvalue weighted by atomic mass is 127. The van der Waals surface area contributed by atoms with E-state index in [0.717, 1.165) is 21.7 Å². The average molecular weight is 828 g/mol. The Morgan fingerprint density at radius 1 is 0.904 bits per heavy atom. The van der Waals surface area contributed by atoms with Crippen molar-refractivity contribution in [3.8, 4) is 11.5 Å². The molecule has 2 aliphatic carbocycles. The monoisotopic (exact) mass is 827 g/mol. The normalized spacial score (nSPS) is 26.6. The Kier molecular flexibility index (Phi) is 8.45. The molecule has 2 saturated heterocycles. The van der Waals surface area contributed by atoms with Crippen LogP contribution in [0.4, 0.5) is 11.4 Å². The number of aromatic hydroxyl groups is 1. The van der Waals surface area contributed by atoms with Gasteiger partial charge >= 0.3 is 0 Å². The molecule has 4 aliphatic rings. The summed E-state index contributed by atoms with van der Waals surface area (Å²) >= 11 is 8.50. The highest BCUT2D eigenvalue weighted by molar-refractivity contribution is 14.1. The molecule has 52 heavy (non-hydrogen) atoms. The van der Waals surface area contributed by atoms with Crippen LogP contribution in [0.5, 0.6) is 11.5 Å². The van der Waals surface area contributed by atoms with Gasteiger partial charge < -0.3 is 9.84 Å². The molecule has 264 valence electrons. The summed E-state index contributed by atoms with van der Waals surface area (Å²) in [5, 5.41) is 12.5. The molecule has 9 nitrogen and oxygen atoms in total. The van der Waals surface area contributed by atoms with E-state index in [4.69, 9.17) is 16.3 Å².